The summed E-state index contributed by atoms with van der Waals surface area (Å²) in [4.78, 5) is 14.2. The number of rotatable bonds is 8. The summed E-state index contributed by atoms with van der Waals surface area (Å²) >= 11 is 0. The van der Waals surface area contributed by atoms with Gasteiger partial charge in [0, 0.05) is 18.6 Å². The van der Waals surface area contributed by atoms with E-state index in [4.69, 9.17) is 4.74 Å². The lowest BCUT2D eigenvalue weighted by molar-refractivity contribution is -0.146. The summed E-state index contributed by atoms with van der Waals surface area (Å²) in [5.74, 6) is -0.117. The molecule has 1 aliphatic carbocycles. The van der Waals surface area contributed by atoms with Crippen molar-refractivity contribution in [3.8, 4) is 0 Å². The normalized spacial score (nSPS) is 17.9. The Labute approximate surface area is 111 Å². The molecule has 0 aromatic carbocycles. The van der Waals surface area contributed by atoms with Crippen LogP contribution in [0.3, 0.4) is 0 Å². The molecule has 1 unspecified atom stereocenters. The van der Waals surface area contributed by atoms with E-state index in [2.05, 4.69) is 31.1 Å². The Morgan fingerprint density at radius 1 is 1.44 bits per heavy atom. The van der Waals surface area contributed by atoms with E-state index >= 15 is 0 Å². The van der Waals surface area contributed by atoms with E-state index in [0.29, 0.717) is 12.6 Å². The van der Waals surface area contributed by atoms with E-state index in [1.165, 1.54) is 19.3 Å². The highest BCUT2D eigenvalue weighted by atomic mass is 16.5. The summed E-state index contributed by atoms with van der Waals surface area (Å²) < 4.78 is 5.12. The van der Waals surface area contributed by atoms with Crippen molar-refractivity contribution in [2.24, 2.45) is 0 Å². The molecule has 0 aromatic rings. The predicted octanol–water partition coefficient (Wildman–Crippen LogP) is 1.79. The molecule has 0 saturated heterocycles. The van der Waals surface area contributed by atoms with Crippen molar-refractivity contribution in [3.05, 3.63) is 0 Å². The lowest BCUT2D eigenvalue weighted by Gasteiger charge is -2.35. The first-order valence-electron chi connectivity index (χ1n) is 7.17. The van der Waals surface area contributed by atoms with Gasteiger partial charge in [-0.2, -0.15) is 0 Å². The van der Waals surface area contributed by atoms with Crippen molar-refractivity contribution < 1.29 is 9.53 Å². The smallest absolute Gasteiger partial charge is 0.323 e. The van der Waals surface area contributed by atoms with Gasteiger partial charge in [-0.1, -0.05) is 20.3 Å². The summed E-state index contributed by atoms with van der Waals surface area (Å²) in [6.07, 6.45) is 4.78. The van der Waals surface area contributed by atoms with E-state index in [1.54, 1.807) is 0 Å². The van der Waals surface area contributed by atoms with E-state index < -0.39 is 0 Å². The molecule has 0 radical (unpaired) electrons. The second kappa shape index (κ2) is 7.74. The summed E-state index contributed by atoms with van der Waals surface area (Å²) in [7, 11) is 2.15. The molecular formula is C14H28N2O2. The molecule has 1 rings (SSSR count). The number of nitrogens with one attached hydrogen (secondary N) is 1. The fourth-order valence-corrected chi connectivity index (χ4v) is 2.26. The Morgan fingerprint density at radius 2 is 2.11 bits per heavy atom. The van der Waals surface area contributed by atoms with Crippen LogP contribution < -0.4 is 5.32 Å². The average molecular weight is 256 g/mol. The van der Waals surface area contributed by atoms with Gasteiger partial charge in [-0.25, -0.2) is 0 Å². The van der Waals surface area contributed by atoms with Gasteiger partial charge in [0.05, 0.1) is 6.61 Å². The van der Waals surface area contributed by atoms with Gasteiger partial charge >= 0.3 is 5.97 Å². The third kappa shape index (κ3) is 4.94. The topological polar surface area (TPSA) is 41.6 Å². The van der Waals surface area contributed by atoms with Crippen LogP contribution in [0.25, 0.3) is 0 Å². The Morgan fingerprint density at radius 3 is 2.56 bits per heavy atom. The van der Waals surface area contributed by atoms with Gasteiger partial charge < -0.3 is 15.0 Å². The molecule has 0 aliphatic heterocycles. The molecule has 1 atom stereocenters. The first kappa shape index (κ1) is 15.4. The summed E-state index contributed by atoms with van der Waals surface area (Å²) in [6, 6.07) is 0.854. The van der Waals surface area contributed by atoms with Crippen LogP contribution in [0.15, 0.2) is 0 Å². The Balaban J connectivity index is 2.36. The zero-order valence-electron chi connectivity index (χ0n) is 12.2. The van der Waals surface area contributed by atoms with Crippen molar-refractivity contribution in [2.75, 3.05) is 20.2 Å². The van der Waals surface area contributed by atoms with Gasteiger partial charge in [-0.15, -0.1) is 0 Å². The highest BCUT2D eigenvalue weighted by molar-refractivity contribution is 5.75. The third-order valence-electron chi connectivity index (χ3n) is 3.57. The second-order valence-corrected chi connectivity index (χ2v) is 5.48. The van der Waals surface area contributed by atoms with E-state index in [1.807, 2.05) is 6.92 Å². The molecule has 0 spiro atoms. The van der Waals surface area contributed by atoms with Crippen LogP contribution in [0, 0.1) is 0 Å². The number of carbonyl (C=O) groups excluding carboxylic acids is 1. The van der Waals surface area contributed by atoms with Crippen LogP contribution >= 0.6 is 0 Å². The Kier molecular flexibility index (Phi) is 6.65. The van der Waals surface area contributed by atoms with Gasteiger partial charge in [0.25, 0.3) is 0 Å². The van der Waals surface area contributed by atoms with Crippen molar-refractivity contribution in [2.45, 2.75) is 64.6 Å². The zero-order valence-corrected chi connectivity index (χ0v) is 12.2. The van der Waals surface area contributed by atoms with Gasteiger partial charge in [-0.3, -0.25) is 4.79 Å². The first-order chi connectivity index (χ1) is 8.54. The molecule has 1 N–H and O–H groups in total. The van der Waals surface area contributed by atoms with Crippen LogP contribution in [0.2, 0.25) is 0 Å². The number of carbonyl (C=O) groups is 1. The van der Waals surface area contributed by atoms with Crippen LogP contribution in [0.4, 0.5) is 0 Å². The summed E-state index contributed by atoms with van der Waals surface area (Å²) in [6.45, 7) is 7.37. The lowest BCUT2D eigenvalue weighted by Crippen LogP contribution is -2.45. The molecular weight excluding hydrogens is 228 g/mol. The van der Waals surface area contributed by atoms with Gasteiger partial charge in [0.15, 0.2) is 0 Å². The van der Waals surface area contributed by atoms with Gasteiger partial charge in [0.1, 0.15) is 6.04 Å². The van der Waals surface area contributed by atoms with Crippen LogP contribution in [-0.2, 0) is 9.53 Å². The first-order valence-corrected chi connectivity index (χ1v) is 7.17. The molecule has 1 saturated carbocycles. The monoisotopic (exact) mass is 256 g/mol. The number of esters is 1. The minimum atomic E-state index is -0.174. The molecule has 0 bridgehead atoms. The minimum Gasteiger partial charge on any atom is -0.465 e. The summed E-state index contributed by atoms with van der Waals surface area (Å²) in [5.41, 5.74) is 0. The van der Waals surface area contributed by atoms with Crippen LogP contribution in [0.1, 0.15) is 46.5 Å². The van der Waals surface area contributed by atoms with Gasteiger partial charge in [-0.05, 0) is 33.2 Å². The number of hydrogen-bond acceptors (Lipinski definition) is 4. The van der Waals surface area contributed by atoms with Crippen molar-refractivity contribution >= 4 is 5.97 Å². The lowest BCUT2D eigenvalue weighted by atomic mass is 9.91. The largest absolute Gasteiger partial charge is 0.465 e. The Bertz CT molecular complexity index is 252. The van der Waals surface area contributed by atoms with E-state index in [-0.39, 0.29) is 12.0 Å². The maximum Gasteiger partial charge on any atom is 0.323 e. The molecule has 4 heteroatoms. The van der Waals surface area contributed by atoms with E-state index in [0.717, 1.165) is 19.0 Å². The maximum absolute atomic E-state index is 11.8. The summed E-state index contributed by atoms with van der Waals surface area (Å²) in [5, 5.41) is 3.29. The quantitative estimate of drug-likeness (QED) is 0.672. The van der Waals surface area contributed by atoms with Crippen LogP contribution in [0.5, 0.6) is 0 Å². The molecule has 1 aliphatic rings. The molecule has 0 heterocycles. The van der Waals surface area contributed by atoms with Crippen molar-refractivity contribution in [1.82, 2.24) is 10.2 Å². The minimum absolute atomic E-state index is 0.117. The van der Waals surface area contributed by atoms with Crippen molar-refractivity contribution in [1.29, 1.82) is 0 Å². The number of hydrogen-bond donors (Lipinski definition) is 1. The molecule has 106 valence electrons. The SMILES string of the molecule is CCOC(=O)C(CCN(C)C1CCC1)NC(C)C. The average Bonchev–Trinajstić information content (AvgIpc) is 2.21. The molecule has 1 fully saturated rings. The molecule has 18 heavy (non-hydrogen) atoms. The Hall–Kier alpha value is -0.610. The molecule has 0 aromatic heterocycles. The van der Waals surface area contributed by atoms with Crippen LogP contribution in [-0.4, -0.2) is 49.2 Å². The predicted molar refractivity (Wildman–Crippen MR) is 73.6 cm³/mol. The standard InChI is InChI=1S/C14H28N2O2/c1-5-18-14(17)13(15-11(2)3)9-10-16(4)12-7-6-8-12/h11-13,15H,5-10H2,1-4H3. The van der Waals surface area contributed by atoms with E-state index in [9.17, 15) is 4.79 Å². The number of nitrogens with zero attached hydrogens (tertiary/aromatic N) is 1. The molecule has 4 nitrogen and oxygen atoms in total. The second-order valence-electron chi connectivity index (χ2n) is 5.48. The number of ether oxygens (including phenoxy) is 1. The highest BCUT2D eigenvalue weighted by Crippen LogP contribution is 2.23. The van der Waals surface area contributed by atoms with Crippen molar-refractivity contribution in [3.63, 3.8) is 0 Å². The van der Waals surface area contributed by atoms with Gasteiger partial charge in [0.2, 0.25) is 0 Å². The fourth-order valence-electron chi connectivity index (χ4n) is 2.26. The molecule has 0 amide bonds. The highest BCUT2D eigenvalue weighted by Gasteiger charge is 2.25. The maximum atomic E-state index is 11.8. The fraction of sp³-hybridized carbons (Fsp3) is 0.929. The third-order valence-corrected chi connectivity index (χ3v) is 3.57. The zero-order chi connectivity index (χ0) is 13.5.